The zero-order chi connectivity index (χ0) is 25.3. The molecule has 3 heterocycles. The van der Waals surface area contributed by atoms with Gasteiger partial charge in [-0.25, -0.2) is 14.4 Å². The maximum absolute atomic E-state index is 13.1. The van der Waals surface area contributed by atoms with Crippen LogP contribution in [0, 0.1) is 5.82 Å². The Balaban J connectivity index is 1.60. The number of piperazine rings is 1. The number of imidazole rings is 1. The van der Waals surface area contributed by atoms with Crippen LogP contribution in [-0.2, 0) is 20.5 Å². The van der Waals surface area contributed by atoms with Gasteiger partial charge in [0.1, 0.15) is 11.6 Å². The lowest BCUT2D eigenvalue weighted by Gasteiger charge is -2.39. The van der Waals surface area contributed by atoms with Crippen LogP contribution in [0.3, 0.4) is 0 Å². The van der Waals surface area contributed by atoms with Gasteiger partial charge in [0.15, 0.2) is 17.3 Å². The number of aromatic hydroxyl groups is 1. The molecule has 0 radical (unpaired) electrons. The molecule has 1 amide bonds. The highest BCUT2D eigenvalue weighted by Gasteiger charge is 2.34. The van der Waals surface area contributed by atoms with Gasteiger partial charge in [0, 0.05) is 52.5 Å². The SMILES string of the molecule is CN1CCN(C(=O)c2nccn2C)CC1c1nc(C(=O)CCc2ccc(F)cc2)c(O)c(=O)n1C. The predicted octanol–water partition coefficient (Wildman–Crippen LogP) is 1.30. The molecule has 0 spiro atoms. The smallest absolute Gasteiger partial charge is 0.296 e. The number of carbonyl (C=O) groups is 2. The lowest BCUT2D eigenvalue weighted by molar-refractivity contribution is 0.0510. The summed E-state index contributed by atoms with van der Waals surface area (Å²) < 4.78 is 16.0. The molecule has 1 unspecified atom stereocenters. The fraction of sp³-hybridized carbons (Fsp3) is 0.375. The van der Waals surface area contributed by atoms with Gasteiger partial charge in [0.2, 0.25) is 5.75 Å². The van der Waals surface area contributed by atoms with Crippen molar-refractivity contribution in [3.63, 3.8) is 0 Å². The Hall–Kier alpha value is -3.86. The normalized spacial score (nSPS) is 16.5. The second kappa shape index (κ2) is 9.79. The summed E-state index contributed by atoms with van der Waals surface area (Å²) in [5.74, 6) is -1.24. The molecule has 0 bridgehead atoms. The zero-order valence-electron chi connectivity index (χ0n) is 19.8. The molecule has 4 rings (SSSR count). The monoisotopic (exact) mass is 482 g/mol. The van der Waals surface area contributed by atoms with Crippen LogP contribution >= 0.6 is 0 Å². The first kappa shape index (κ1) is 24.3. The second-order valence-corrected chi connectivity index (χ2v) is 8.69. The summed E-state index contributed by atoms with van der Waals surface area (Å²) in [4.78, 5) is 50.8. The quantitative estimate of drug-likeness (QED) is 0.527. The van der Waals surface area contributed by atoms with Gasteiger partial charge in [-0.05, 0) is 31.2 Å². The number of Topliss-reactive ketones (excluding diaryl/α,β-unsaturated/α-hetero) is 1. The Labute approximate surface area is 201 Å². The van der Waals surface area contributed by atoms with E-state index in [0.29, 0.717) is 25.3 Å². The molecule has 1 N–H and O–H groups in total. The minimum absolute atomic E-state index is 0.0108. The second-order valence-electron chi connectivity index (χ2n) is 8.69. The van der Waals surface area contributed by atoms with E-state index in [2.05, 4.69) is 9.97 Å². The predicted molar refractivity (Wildman–Crippen MR) is 125 cm³/mol. The fourth-order valence-electron chi connectivity index (χ4n) is 4.18. The molecule has 35 heavy (non-hydrogen) atoms. The summed E-state index contributed by atoms with van der Waals surface area (Å²) in [5.41, 5.74) is -0.286. The van der Waals surface area contributed by atoms with E-state index in [9.17, 15) is 23.9 Å². The molecule has 10 nitrogen and oxygen atoms in total. The first-order chi connectivity index (χ1) is 16.7. The Morgan fingerprint density at radius 1 is 1.14 bits per heavy atom. The summed E-state index contributed by atoms with van der Waals surface area (Å²) in [6.45, 7) is 1.22. The molecular formula is C24H27FN6O4. The minimum atomic E-state index is -0.735. The zero-order valence-corrected chi connectivity index (χ0v) is 19.8. The van der Waals surface area contributed by atoms with Crippen LogP contribution in [-0.4, -0.2) is 72.4 Å². The molecule has 0 saturated carbocycles. The van der Waals surface area contributed by atoms with E-state index in [4.69, 9.17) is 0 Å². The average molecular weight is 483 g/mol. The molecule has 3 aromatic rings. The average Bonchev–Trinajstić information content (AvgIpc) is 3.28. The number of halogens is 1. The van der Waals surface area contributed by atoms with Gasteiger partial charge in [-0.3, -0.25) is 23.9 Å². The van der Waals surface area contributed by atoms with E-state index in [1.807, 2.05) is 11.9 Å². The lowest BCUT2D eigenvalue weighted by atomic mass is 10.0. The number of rotatable bonds is 6. The van der Waals surface area contributed by atoms with Crippen molar-refractivity contribution >= 4 is 11.7 Å². The highest BCUT2D eigenvalue weighted by Crippen LogP contribution is 2.25. The molecule has 1 fully saturated rings. The maximum Gasteiger partial charge on any atom is 0.296 e. The highest BCUT2D eigenvalue weighted by molar-refractivity contribution is 5.96. The van der Waals surface area contributed by atoms with Crippen molar-refractivity contribution in [3.8, 4) is 5.75 Å². The summed E-state index contributed by atoms with van der Waals surface area (Å²) in [7, 11) is 5.07. The van der Waals surface area contributed by atoms with E-state index in [0.717, 1.165) is 5.56 Å². The van der Waals surface area contributed by atoms with Crippen molar-refractivity contribution < 1.29 is 19.1 Å². The third-order valence-corrected chi connectivity index (χ3v) is 6.37. The van der Waals surface area contributed by atoms with Crippen LogP contribution in [0.1, 0.15) is 45.0 Å². The number of aryl methyl sites for hydroxylation is 2. The van der Waals surface area contributed by atoms with Gasteiger partial charge in [0.05, 0.1) is 6.04 Å². The van der Waals surface area contributed by atoms with Gasteiger partial charge in [-0.15, -0.1) is 0 Å². The molecular weight excluding hydrogens is 455 g/mol. The molecule has 1 saturated heterocycles. The number of nitrogens with zero attached hydrogens (tertiary/aromatic N) is 6. The standard InChI is InChI=1S/C24H27FN6O4/c1-28-12-13-31(24(35)22-26-10-11-29(22)2)14-17(28)21-27-19(20(33)23(34)30(21)3)18(32)9-6-15-4-7-16(25)8-5-15/h4-5,7-8,10-11,17,33H,6,9,12-14H2,1-3H3. The number of hydrogen-bond donors (Lipinski definition) is 1. The molecule has 11 heteroatoms. The summed E-state index contributed by atoms with van der Waals surface area (Å²) in [5, 5.41) is 10.4. The van der Waals surface area contributed by atoms with Gasteiger partial charge >= 0.3 is 0 Å². The number of benzene rings is 1. The number of aromatic nitrogens is 4. The number of hydrogen-bond acceptors (Lipinski definition) is 7. The van der Waals surface area contributed by atoms with E-state index < -0.39 is 23.1 Å². The van der Waals surface area contributed by atoms with Crippen molar-refractivity contribution in [3.05, 3.63) is 75.7 Å². The van der Waals surface area contributed by atoms with Crippen molar-refractivity contribution in [1.82, 2.24) is 28.9 Å². The van der Waals surface area contributed by atoms with E-state index in [1.165, 1.54) is 23.7 Å². The van der Waals surface area contributed by atoms with Gasteiger partial charge < -0.3 is 14.6 Å². The maximum atomic E-state index is 13.1. The molecule has 184 valence electrons. The van der Waals surface area contributed by atoms with E-state index in [-0.39, 0.29) is 36.2 Å². The van der Waals surface area contributed by atoms with Crippen molar-refractivity contribution in [2.45, 2.75) is 18.9 Å². The first-order valence-electron chi connectivity index (χ1n) is 11.2. The summed E-state index contributed by atoms with van der Waals surface area (Å²) >= 11 is 0. The third-order valence-electron chi connectivity index (χ3n) is 6.37. The van der Waals surface area contributed by atoms with Gasteiger partial charge in [0.25, 0.3) is 11.5 Å². The van der Waals surface area contributed by atoms with Crippen LogP contribution in [0.15, 0.2) is 41.5 Å². The molecule has 1 atom stereocenters. The van der Waals surface area contributed by atoms with Gasteiger partial charge in [-0.2, -0.15) is 0 Å². The molecule has 2 aromatic heterocycles. The molecule has 1 aliphatic rings. The molecule has 0 aliphatic carbocycles. The Bertz CT molecular complexity index is 1320. The molecule has 1 aromatic carbocycles. The third kappa shape index (κ3) is 4.85. The van der Waals surface area contributed by atoms with Gasteiger partial charge in [-0.1, -0.05) is 12.1 Å². The lowest BCUT2D eigenvalue weighted by Crippen LogP contribution is -2.50. The fourth-order valence-corrected chi connectivity index (χ4v) is 4.18. The Morgan fingerprint density at radius 2 is 1.86 bits per heavy atom. The summed E-state index contributed by atoms with van der Waals surface area (Å²) in [6, 6.07) is 5.30. The Morgan fingerprint density at radius 3 is 2.51 bits per heavy atom. The van der Waals surface area contributed by atoms with Crippen LogP contribution in [0.2, 0.25) is 0 Å². The number of ketones is 1. The Kier molecular flexibility index (Phi) is 6.79. The van der Waals surface area contributed by atoms with Crippen molar-refractivity contribution in [2.75, 3.05) is 26.7 Å². The number of carbonyl (C=O) groups excluding carboxylic acids is 2. The van der Waals surface area contributed by atoms with Crippen molar-refractivity contribution in [2.24, 2.45) is 14.1 Å². The number of amides is 1. The van der Waals surface area contributed by atoms with E-state index >= 15 is 0 Å². The van der Waals surface area contributed by atoms with Crippen LogP contribution in [0.25, 0.3) is 0 Å². The largest absolute Gasteiger partial charge is 0.501 e. The van der Waals surface area contributed by atoms with Crippen LogP contribution < -0.4 is 5.56 Å². The van der Waals surface area contributed by atoms with Crippen molar-refractivity contribution in [1.29, 1.82) is 0 Å². The first-order valence-corrected chi connectivity index (χ1v) is 11.2. The van der Waals surface area contributed by atoms with Crippen LogP contribution in [0.4, 0.5) is 4.39 Å². The van der Waals surface area contributed by atoms with E-state index in [1.54, 1.807) is 41.0 Å². The highest BCUT2D eigenvalue weighted by atomic mass is 19.1. The summed E-state index contributed by atoms with van der Waals surface area (Å²) in [6.07, 6.45) is 3.54. The number of likely N-dealkylation sites (N-methyl/N-ethyl adjacent to an activating group) is 1. The molecule has 1 aliphatic heterocycles. The minimum Gasteiger partial charge on any atom is -0.501 e. The topological polar surface area (TPSA) is 114 Å². The van der Waals surface area contributed by atoms with Crippen LogP contribution in [0.5, 0.6) is 5.75 Å².